The van der Waals surface area contributed by atoms with E-state index in [2.05, 4.69) is 10.2 Å². The van der Waals surface area contributed by atoms with Crippen LogP contribution in [0.15, 0.2) is 42.5 Å². The Balaban J connectivity index is 1.66. The summed E-state index contributed by atoms with van der Waals surface area (Å²) in [6, 6.07) is 12.3. The third-order valence-electron chi connectivity index (χ3n) is 4.94. The van der Waals surface area contributed by atoms with Crippen molar-refractivity contribution in [3.8, 4) is 11.5 Å². The molecule has 1 heterocycles. The highest BCUT2D eigenvalue weighted by atomic mass is 19.1. The molecule has 1 saturated heterocycles. The molecule has 3 rings (SSSR count). The predicted molar refractivity (Wildman–Crippen MR) is 101 cm³/mol. The van der Waals surface area contributed by atoms with Crippen molar-refractivity contribution in [1.29, 1.82) is 0 Å². The van der Waals surface area contributed by atoms with E-state index in [4.69, 9.17) is 9.47 Å². The highest BCUT2D eigenvalue weighted by Crippen LogP contribution is 2.38. The molecule has 6 heteroatoms. The minimum absolute atomic E-state index is 0.0919. The second kappa shape index (κ2) is 8.86. The molecule has 0 saturated carbocycles. The molecule has 1 aliphatic rings. The maximum Gasteiger partial charge on any atom is 0.234 e. The molecule has 27 heavy (non-hydrogen) atoms. The van der Waals surface area contributed by atoms with Crippen LogP contribution in [0.2, 0.25) is 0 Å². The number of halogens is 1. The molecule has 1 N–H and O–H groups in total. The molecule has 1 atom stereocenters. The van der Waals surface area contributed by atoms with Crippen molar-refractivity contribution < 1.29 is 18.7 Å². The SMILES string of the molecule is COc1ccc(OC)c(C2CCCN2CC(=O)NCc2ccccc2F)c1. The van der Waals surface area contributed by atoms with Gasteiger partial charge in [0.05, 0.1) is 20.8 Å². The van der Waals surface area contributed by atoms with E-state index in [1.165, 1.54) is 6.07 Å². The number of carbonyl (C=O) groups is 1. The van der Waals surface area contributed by atoms with Crippen LogP contribution in [0.5, 0.6) is 11.5 Å². The first-order chi connectivity index (χ1) is 13.1. The van der Waals surface area contributed by atoms with Gasteiger partial charge in [0.2, 0.25) is 5.91 Å². The van der Waals surface area contributed by atoms with Crippen LogP contribution < -0.4 is 14.8 Å². The van der Waals surface area contributed by atoms with Crippen LogP contribution in [-0.4, -0.2) is 38.1 Å². The van der Waals surface area contributed by atoms with E-state index in [1.54, 1.807) is 32.4 Å². The van der Waals surface area contributed by atoms with Gasteiger partial charge in [-0.2, -0.15) is 0 Å². The van der Waals surface area contributed by atoms with Gasteiger partial charge < -0.3 is 14.8 Å². The summed E-state index contributed by atoms with van der Waals surface area (Å²) in [6.45, 7) is 1.28. The molecule has 0 spiro atoms. The maximum absolute atomic E-state index is 13.7. The Bertz CT molecular complexity index is 797. The zero-order chi connectivity index (χ0) is 19.2. The third-order valence-corrected chi connectivity index (χ3v) is 4.94. The van der Waals surface area contributed by atoms with Gasteiger partial charge in [-0.3, -0.25) is 9.69 Å². The van der Waals surface area contributed by atoms with Gasteiger partial charge in [0.25, 0.3) is 0 Å². The van der Waals surface area contributed by atoms with Crippen molar-refractivity contribution in [2.45, 2.75) is 25.4 Å². The topological polar surface area (TPSA) is 50.8 Å². The maximum atomic E-state index is 13.7. The van der Waals surface area contributed by atoms with Gasteiger partial charge in [-0.15, -0.1) is 0 Å². The first kappa shape index (κ1) is 19.2. The van der Waals surface area contributed by atoms with Gasteiger partial charge in [0.1, 0.15) is 17.3 Å². The summed E-state index contributed by atoms with van der Waals surface area (Å²) in [5.74, 6) is 1.13. The highest BCUT2D eigenvalue weighted by molar-refractivity contribution is 5.78. The molecular formula is C21H25FN2O3. The molecule has 5 nitrogen and oxygen atoms in total. The Hall–Kier alpha value is -2.60. The lowest BCUT2D eigenvalue weighted by Gasteiger charge is -2.26. The molecule has 0 radical (unpaired) electrons. The monoisotopic (exact) mass is 372 g/mol. The number of rotatable bonds is 7. The van der Waals surface area contributed by atoms with Crippen LogP contribution in [0.1, 0.15) is 30.0 Å². The fourth-order valence-corrected chi connectivity index (χ4v) is 3.54. The van der Waals surface area contributed by atoms with Crippen LogP contribution in [0, 0.1) is 5.82 Å². The largest absolute Gasteiger partial charge is 0.497 e. The smallest absolute Gasteiger partial charge is 0.234 e. The van der Waals surface area contributed by atoms with Crippen LogP contribution >= 0.6 is 0 Å². The summed E-state index contributed by atoms with van der Waals surface area (Å²) in [5.41, 5.74) is 1.51. The number of hydrogen-bond acceptors (Lipinski definition) is 4. The summed E-state index contributed by atoms with van der Waals surface area (Å²) < 4.78 is 24.5. The molecule has 0 aromatic heterocycles. The second-order valence-electron chi connectivity index (χ2n) is 6.60. The lowest BCUT2D eigenvalue weighted by Crippen LogP contribution is -2.36. The molecule has 144 valence electrons. The zero-order valence-electron chi connectivity index (χ0n) is 15.7. The van der Waals surface area contributed by atoms with E-state index in [9.17, 15) is 9.18 Å². The van der Waals surface area contributed by atoms with Crippen molar-refractivity contribution in [2.24, 2.45) is 0 Å². The number of ether oxygens (including phenoxy) is 2. The minimum atomic E-state index is -0.307. The van der Waals surface area contributed by atoms with Gasteiger partial charge in [-0.05, 0) is 43.7 Å². The third kappa shape index (κ3) is 4.57. The lowest BCUT2D eigenvalue weighted by atomic mass is 10.0. The van der Waals surface area contributed by atoms with Crippen LogP contribution in [0.3, 0.4) is 0 Å². The molecule has 1 aliphatic heterocycles. The Morgan fingerprint density at radius 2 is 2.04 bits per heavy atom. The summed E-state index contributed by atoms with van der Waals surface area (Å²) in [7, 11) is 3.28. The first-order valence-corrected chi connectivity index (χ1v) is 9.08. The van der Waals surface area contributed by atoms with Crippen molar-refractivity contribution in [1.82, 2.24) is 10.2 Å². The van der Waals surface area contributed by atoms with Gasteiger partial charge >= 0.3 is 0 Å². The molecule has 1 fully saturated rings. The van der Waals surface area contributed by atoms with Gasteiger partial charge in [-0.1, -0.05) is 18.2 Å². The lowest BCUT2D eigenvalue weighted by molar-refractivity contribution is -0.122. The van der Waals surface area contributed by atoms with E-state index >= 15 is 0 Å². The number of likely N-dealkylation sites (tertiary alicyclic amines) is 1. The van der Waals surface area contributed by atoms with E-state index in [0.717, 1.165) is 36.4 Å². The zero-order valence-corrected chi connectivity index (χ0v) is 15.7. The quantitative estimate of drug-likeness (QED) is 0.810. The number of amides is 1. The summed E-state index contributed by atoms with van der Waals surface area (Å²) in [5, 5.41) is 2.81. The van der Waals surface area contributed by atoms with Crippen LogP contribution in [-0.2, 0) is 11.3 Å². The predicted octanol–water partition coefficient (Wildman–Crippen LogP) is 3.30. The minimum Gasteiger partial charge on any atom is -0.497 e. The molecule has 0 aliphatic carbocycles. The normalized spacial score (nSPS) is 16.9. The van der Waals surface area contributed by atoms with Gasteiger partial charge in [0, 0.05) is 23.7 Å². The molecule has 2 aromatic carbocycles. The number of carbonyl (C=O) groups excluding carboxylic acids is 1. The Morgan fingerprint density at radius 1 is 1.22 bits per heavy atom. The highest BCUT2D eigenvalue weighted by Gasteiger charge is 2.30. The Kier molecular flexibility index (Phi) is 6.29. The molecule has 0 bridgehead atoms. The standard InChI is InChI=1S/C21H25FN2O3/c1-26-16-9-10-20(27-2)17(12-16)19-8-5-11-24(19)14-21(25)23-13-15-6-3-4-7-18(15)22/h3-4,6-7,9-10,12,19H,5,8,11,13-14H2,1-2H3,(H,23,25). The number of methoxy groups -OCH3 is 2. The van der Waals surface area contributed by atoms with Crippen molar-refractivity contribution in [3.63, 3.8) is 0 Å². The number of benzene rings is 2. The number of nitrogens with one attached hydrogen (secondary N) is 1. The summed E-state index contributed by atoms with van der Waals surface area (Å²) in [4.78, 5) is 14.5. The van der Waals surface area contributed by atoms with Crippen molar-refractivity contribution in [3.05, 3.63) is 59.4 Å². The summed E-state index contributed by atoms with van der Waals surface area (Å²) in [6.07, 6.45) is 1.95. The average molecular weight is 372 g/mol. The Labute approximate surface area is 159 Å². The van der Waals surface area contributed by atoms with Crippen molar-refractivity contribution in [2.75, 3.05) is 27.3 Å². The van der Waals surface area contributed by atoms with E-state index in [-0.39, 0.29) is 30.9 Å². The van der Waals surface area contributed by atoms with Gasteiger partial charge in [0.15, 0.2) is 0 Å². The summed E-state index contributed by atoms with van der Waals surface area (Å²) >= 11 is 0. The van der Waals surface area contributed by atoms with E-state index in [0.29, 0.717) is 5.56 Å². The fourth-order valence-electron chi connectivity index (χ4n) is 3.54. The van der Waals surface area contributed by atoms with E-state index in [1.807, 2.05) is 18.2 Å². The van der Waals surface area contributed by atoms with E-state index < -0.39 is 0 Å². The fraction of sp³-hybridized carbons (Fsp3) is 0.381. The molecule has 1 unspecified atom stereocenters. The van der Waals surface area contributed by atoms with Crippen molar-refractivity contribution >= 4 is 5.91 Å². The molecule has 1 amide bonds. The number of nitrogens with zero attached hydrogens (tertiary/aromatic N) is 1. The average Bonchev–Trinajstić information content (AvgIpc) is 3.14. The molecular weight excluding hydrogens is 347 g/mol. The Morgan fingerprint density at radius 3 is 2.78 bits per heavy atom. The second-order valence-corrected chi connectivity index (χ2v) is 6.60. The van der Waals surface area contributed by atoms with Crippen LogP contribution in [0.25, 0.3) is 0 Å². The van der Waals surface area contributed by atoms with Crippen LogP contribution in [0.4, 0.5) is 4.39 Å². The molecule has 2 aromatic rings. The number of hydrogen-bond donors (Lipinski definition) is 1. The van der Waals surface area contributed by atoms with Gasteiger partial charge in [-0.25, -0.2) is 4.39 Å². The first-order valence-electron chi connectivity index (χ1n) is 9.08.